The predicted octanol–water partition coefficient (Wildman–Crippen LogP) is 4.07. The number of aliphatic hydroxyl groups excluding tert-OH is 1. The molecule has 0 aromatic heterocycles. The van der Waals surface area contributed by atoms with Gasteiger partial charge in [-0.3, -0.25) is 4.79 Å². The molecule has 0 aliphatic carbocycles. The first kappa shape index (κ1) is 18.2. The van der Waals surface area contributed by atoms with Crippen LogP contribution in [0.4, 0.5) is 0 Å². The van der Waals surface area contributed by atoms with Crippen molar-refractivity contribution >= 4 is 21.9 Å². The molecule has 0 amide bonds. The van der Waals surface area contributed by atoms with E-state index in [1.54, 1.807) is 0 Å². The van der Waals surface area contributed by atoms with Crippen molar-refractivity contribution in [3.63, 3.8) is 0 Å². The van der Waals surface area contributed by atoms with E-state index in [-0.39, 0.29) is 18.0 Å². The fourth-order valence-corrected chi connectivity index (χ4v) is 2.84. The Morgan fingerprint density at radius 2 is 1.90 bits per heavy atom. The summed E-state index contributed by atoms with van der Waals surface area (Å²) in [6, 6.07) is 7.80. The Hall–Kier alpha value is -0.870. The molecule has 0 heterocycles. The minimum atomic E-state index is -0.675. The number of methoxy groups -OCH3 is 1. The lowest BCUT2D eigenvalue weighted by atomic mass is 9.73. The summed E-state index contributed by atoms with van der Waals surface area (Å²) in [5.74, 6) is -0.222. The van der Waals surface area contributed by atoms with Crippen molar-refractivity contribution in [2.24, 2.45) is 5.41 Å². The molecule has 118 valence electrons. The van der Waals surface area contributed by atoms with Crippen molar-refractivity contribution in [3.05, 3.63) is 34.3 Å². The number of aliphatic hydroxyl groups is 1. The Bertz CT molecular complexity index is 485. The number of rotatable bonds is 7. The van der Waals surface area contributed by atoms with Crippen LogP contribution in [0.15, 0.2) is 28.7 Å². The van der Waals surface area contributed by atoms with Crippen molar-refractivity contribution in [2.75, 3.05) is 13.7 Å². The second-order valence-electron chi connectivity index (χ2n) is 6.47. The standard InChI is InChI=1S/C17H25BrO3/c1-16(2,10-11-19)8-9-17(3,15(20)21-4)13-6-5-7-14(18)12-13/h5-7,12,19H,8-11H2,1-4H3. The molecular formula is C17H25BrO3. The second kappa shape index (κ2) is 7.41. The molecule has 0 bridgehead atoms. The molecule has 3 nitrogen and oxygen atoms in total. The fourth-order valence-electron chi connectivity index (χ4n) is 2.44. The van der Waals surface area contributed by atoms with E-state index in [1.807, 2.05) is 31.2 Å². The molecule has 0 spiro atoms. The Morgan fingerprint density at radius 3 is 2.43 bits per heavy atom. The van der Waals surface area contributed by atoms with Crippen LogP contribution in [-0.4, -0.2) is 24.8 Å². The molecule has 4 heteroatoms. The molecule has 1 atom stereocenters. The highest BCUT2D eigenvalue weighted by atomic mass is 79.9. The lowest BCUT2D eigenvalue weighted by Crippen LogP contribution is -2.35. The first-order valence-electron chi connectivity index (χ1n) is 7.20. The van der Waals surface area contributed by atoms with Gasteiger partial charge in [0.15, 0.2) is 0 Å². The van der Waals surface area contributed by atoms with Crippen molar-refractivity contribution < 1.29 is 14.6 Å². The number of benzene rings is 1. The van der Waals surface area contributed by atoms with Crippen LogP contribution in [0.2, 0.25) is 0 Å². The van der Waals surface area contributed by atoms with E-state index in [1.165, 1.54) is 7.11 Å². The summed E-state index contributed by atoms with van der Waals surface area (Å²) >= 11 is 3.46. The van der Waals surface area contributed by atoms with E-state index < -0.39 is 5.41 Å². The van der Waals surface area contributed by atoms with Crippen molar-refractivity contribution in [3.8, 4) is 0 Å². The normalized spacial score (nSPS) is 14.6. The fraction of sp³-hybridized carbons (Fsp3) is 0.588. The van der Waals surface area contributed by atoms with Crippen LogP contribution in [0.5, 0.6) is 0 Å². The largest absolute Gasteiger partial charge is 0.468 e. The summed E-state index contributed by atoms with van der Waals surface area (Å²) in [5.41, 5.74) is 0.268. The Kier molecular flexibility index (Phi) is 6.41. The van der Waals surface area contributed by atoms with Crippen LogP contribution in [0, 0.1) is 5.41 Å². The number of esters is 1. The van der Waals surface area contributed by atoms with E-state index in [9.17, 15) is 4.79 Å². The van der Waals surface area contributed by atoms with Crippen LogP contribution in [0.1, 0.15) is 45.6 Å². The van der Waals surface area contributed by atoms with Crippen molar-refractivity contribution in [1.29, 1.82) is 0 Å². The predicted molar refractivity (Wildman–Crippen MR) is 88.2 cm³/mol. The minimum Gasteiger partial charge on any atom is -0.468 e. The third-order valence-electron chi connectivity index (χ3n) is 4.19. The lowest BCUT2D eigenvalue weighted by Gasteiger charge is -2.32. The molecule has 1 aromatic rings. The van der Waals surface area contributed by atoms with Crippen molar-refractivity contribution in [1.82, 2.24) is 0 Å². The SMILES string of the molecule is COC(=O)C(C)(CCC(C)(C)CCO)c1cccc(Br)c1. The molecule has 1 unspecified atom stereocenters. The Balaban J connectivity index is 3.03. The van der Waals surface area contributed by atoms with Gasteiger partial charge >= 0.3 is 5.97 Å². The van der Waals surface area contributed by atoms with Gasteiger partial charge in [-0.25, -0.2) is 0 Å². The van der Waals surface area contributed by atoms with Crippen LogP contribution >= 0.6 is 15.9 Å². The van der Waals surface area contributed by atoms with Gasteiger partial charge in [0.05, 0.1) is 12.5 Å². The third-order valence-corrected chi connectivity index (χ3v) is 4.68. The Labute approximate surface area is 135 Å². The molecule has 0 saturated carbocycles. The quantitative estimate of drug-likeness (QED) is 0.749. The maximum absolute atomic E-state index is 12.3. The number of hydrogen-bond donors (Lipinski definition) is 1. The maximum atomic E-state index is 12.3. The Morgan fingerprint density at radius 1 is 1.24 bits per heavy atom. The van der Waals surface area contributed by atoms with E-state index in [0.717, 1.165) is 22.9 Å². The number of ether oxygens (including phenoxy) is 1. The molecule has 0 aliphatic rings. The number of carbonyl (C=O) groups is 1. The van der Waals surface area contributed by atoms with E-state index in [0.29, 0.717) is 6.42 Å². The van der Waals surface area contributed by atoms with E-state index in [2.05, 4.69) is 29.8 Å². The summed E-state index contributed by atoms with van der Waals surface area (Å²) in [7, 11) is 1.43. The van der Waals surface area contributed by atoms with E-state index >= 15 is 0 Å². The maximum Gasteiger partial charge on any atom is 0.315 e. The number of hydrogen-bond acceptors (Lipinski definition) is 3. The zero-order valence-corrected chi connectivity index (χ0v) is 14.9. The summed E-state index contributed by atoms with van der Waals surface area (Å²) in [6.07, 6.45) is 2.25. The van der Waals surface area contributed by atoms with Crippen molar-refractivity contribution in [2.45, 2.75) is 45.4 Å². The molecule has 0 fully saturated rings. The van der Waals surface area contributed by atoms with Crippen LogP contribution in [0.25, 0.3) is 0 Å². The highest BCUT2D eigenvalue weighted by Crippen LogP contribution is 2.37. The average Bonchev–Trinajstić information content (AvgIpc) is 2.44. The molecule has 0 saturated heterocycles. The first-order valence-corrected chi connectivity index (χ1v) is 8.00. The molecule has 21 heavy (non-hydrogen) atoms. The zero-order chi connectivity index (χ0) is 16.1. The second-order valence-corrected chi connectivity index (χ2v) is 7.39. The van der Waals surface area contributed by atoms with Gasteiger partial charge in [-0.15, -0.1) is 0 Å². The lowest BCUT2D eigenvalue weighted by molar-refractivity contribution is -0.147. The smallest absolute Gasteiger partial charge is 0.315 e. The third kappa shape index (κ3) is 4.82. The molecular weight excluding hydrogens is 332 g/mol. The summed E-state index contributed by atoms with van der Waals surface area (Å²) < 4.78 is 5.98. The molecule has 0 radical (unpaired) electrons. The number of halogens is 1. The van der Waals surface area contributed by atoms with Gasteiger partial charge in [-0.05, 0) is 49.3 Å². The molecule has 0 aliphatic heterocycles. The summed E-state index contributed by atoms with van der Waals surface area (Å²) in [4.78, 5) is 12.3. The van der Waals surface area contributed by atoms with Gasteiger partial charge < -0.3 is 9.84 Å². The minimum absolute atomic E-state index is 0.00392. The van der Waals surface area contributed by atoms with Gasteiger partial charge in [0.25, 0.3) is 0 Å². The van der Waals surface area contributed by atoms with Gasteiger partial charge in [-0.2, -0.15) is 0 Å². The molecule has 1 aromatic carbocycles. The van der Waals surface area contributed by atoms with Crippen LogP contribution < -0.4 is 0 Å². The van der Waals surface area contributed by atoms with Gasteiger partial charge in [0, 0.05) is 11.1 Å². The number of carbonyl (C=O) groups excluding carboxylic acids is 1. The van der Waals surface area contributed by atoms with Gasteiger partial charge in [0.2, 0.25) is 0 Å². The highest BCUT2D eigenvalue weighted by molar-refractivity contribution is 9.10. The van der Waals surface area contributed by atoms with Crippen LogP contribution in [-0.2, 0) is 14.9 Å². The molecule has 1 rings (SSSR count). The summed E-state index contributed by atoms with van der Waals surface area (Å²) in [6.45, 7) is 6.32. The van der Waals surface area contributed by atoms with E-state index in [4.69, 9.17) is 9.84 Å². The monoisotopic (exact) mass is 356 g/mol. The average molecular weight is 357 g/mol. The first-order chi connectivity index (χ1) is 9.75. The summed E-state index contributed by atoms with van der Waals surface area (Å²) in [5, 5.41) is 9.14. The van der Waals surface area contributed by atoms with Gasteiger partial charge in [-0.1, -0.05) is 41.9 Å². The van der Waals surface area contributed by atoms with Crippen LogP contribution in [0.3, 0.4) is 0 Å². The molecule has 1 N–H and O–H groups in total. The van der Waals surface area contributed by atoms with Gasteiger partial charge in [0.1, 0.15) is 0 Å². The zero-order valence-electron chi connectivity index (χ0n) is 13.3. The topological polar surface area (TPSA) is 46.5 Å². The highest BCUT2D eigenvalue weighted by Gasteiger charge is 2.37.